The third-order valence-corrected chi connectivity index (χ3v) is 5.10. The lowest BCUT2D eigenvalue weighted by Gasteiger charge is -2.19. The van der Waals surface area contributed by atoms with Crippen LogP contribution in [-0.2, 0) is 14.4 Å². The zero-order valence-electron chi connectivity index (χ0n) is 13.0. The van der Waals surface area contributed by atoms with Crippen molar-refractivity contribution in [2.45, 2.75) is 32.6 Å². The first-order chi connectivity index (χ1) is 11.0. The van der Waals surface area contributed by atoms with Crippen LogP contribution in [0.1, 0.15) is 31.2 Å². The average molecular weight is 335 g/mol. The number of hydrogen-bond acceptors (Lipinski definition) is 3. The first-order valence-corrected chi connectivity index (χ1v) is 8.26. The molecule has 0 aromatic heterocycles. The number of nitrogens with zero attached hydrogens (tertiary/aromatic N) is 1. The SMILES string of the molecule is Cc1ccc(NC(=O)CN2C(=O)[C@@H]3CCCC[C@H]3C2=O)cc1Cl. The summed E-state index contributed by atoms with van der Waals surface area (Å²) in [5.74, 6) is -1.23. The molecule has 6 heteroatoms. The number of nitrogens with one attached hydrogen (secondary N) is 1. The largest absolute Gasteiger partial charge is 0.324 e. The lowest BCUT2D eigenvalue weighted by molar-refractivity contribution is -0.142. The second-order valence-corrected chi connectivity index (χ2v) is 6.68. The number of imide groups is 1. The topological polar surface area (TPSA) is 66.5 Å². The van der Waals surface area contributed by atoms with Crippen molar-refractivity contribution in [1.82, 2.24) is 4.90 Å². The van der Waals surface area contributed by atoms with Gasteiger partial charge in [0.2, 0.25) is 17.7 Å². The number of hydrogen-bond donors (Lipinski definition) is 1. The van der Waals surface area contributed by atoms with Crippen LogP contribution in [0.25, 0.3) is 0 Å². The molecule has 1 saturated carbocycles. The fourth-order valence-corrected chi connectivity index (χ4v) is 3.58. The molecular weight excluding hydrogens is 316 g/mol. The number of likely N-dealkylation sites (tertiary alicyclic amines) is 1. The van der Waals surface area contributed by atoms with Crippen LogP contribution in [0.2, 0.25) is 5.02 Å². The minimum atomic E-state index is -0.384. The number of anilines is 1. The third kappa shape index (κ3) is 3.11. The second-order valence-electron chi connectivity index (χ2n) is 6.27. The quantitative estimate of drug-likeness (QED) is 0.864. The Morgan fingerprint density at radius 3 is 2.39 bits per heavy atom. The van der Waals surface area contributed by atoms with Gasteiger partial charge in [0.15, 0.2) is 0 Å². The minimum absolute atomic E-state index is 0.197. The van der Waals surface area contributed by atoms with E-state index in [1.807, 2.05) is 6.92 Å². The first kappa shape index (κ1) is 16.0. The van der Waals surface area contributed by atoms with E-state index in [1.165, 1.54) is 0 Å². The molecule has 1 saturated heterocycles. The minimum Gasteiger partial charge on any atom is -0.324 e. The van der Waals surface area contributed by atoms with Crippen molar-refractivity contribution in [3.63, 3.8) is 0 Å². The molecule has 3 amide bonds. The van der Waals surface area contributed by atoms with Gasteiger partial charge in [-0.3, -0.25) is 19.3 Å². The first-order valence-electron chi connectivity index (χ1n) is 7.88. The van der Waals surface area contributed by atoms with E-state index < -0.39 is 0 Å². The molecule has 1 aromatic rings. The molecule has 23 heavy (non-hydrogen) atoms. The van der Waals surface area contributed by atoms with Crippen LogP contribution < -0.4 is 5.32 Å². The van der Waals surface area contributed by atoms with Gasteiger partial charge in [-0.25, -0.2) is 0 Å². The zero-order valence-corrected chi connectivity index (χ0v) is 13.7. The summed E-state index contributed by atoms with van der Waals surface area (Å²) in [6.45, 7) is 1.65. The highest BCUT2D eigenvalue weighted by Gasteiger charge is 2.48. The summed E-state index contributed by atoms with van der Waals surface area (Å²) < 4.78 is 0. The highest BCUT2D eigenvalue weighted by molar-refractivity contribution is 6.31. The van der Waals surface area contributed by atoms with Crippen molar-refractivity contribution < 1.29 is 14.4 Å². The Kier molecular flexibility index (Phi) is 4.39. The third-order valence-electron chi connectivity index (χ3n) is 4.69. The summed E-state index contributed by atoms with van der Waals surface area (Å²) in [5, 5.41) is 3.25. The summed E-state index contributed by atoms with van der Waals surface area (Å²) in [5.41, 5.74) is 1.47. The second kappa shape index (κ2) is 6.32. The van der Waals surface area contributed by atoms with Crippen molar-refractivity contribution >= 4 is 35.0 Å². The van der Waals surface area contributed by atoms with Gasteiger partial charge in [-0.05, 0) is 37.5 Å². The van der Waals surface area contributed by atoms with Gasteiger partial charge in [-0.1, -0.05) is 30.5 Å². The summed E-state index contributed by atoms with van der Waals surface area (Å²) in [4.78, 5) is 38.0. The Bertz CT molecular complexity index is 650. The number of carbonyl (C=O) groups is 3. The van der Waals surface area contributed by atoms with Crippen LogP contribution in [-0.4, -0.2) is 29.2 Å². The van der Waals surface area contributed by atoms with Gasteiger partial charge >= 0.3 is 0 Å². The Labute approximate surface area is 140 Å². The molecule has 1 aliphatic heterocycles. The normalized spacial score (nSPS) is 23.8. The zero-order chi connectivity index (χ0) is 16.6. The van der Waals surface area contributed by atoms with E-state index in [9.17, 15) is 14.4 Å². The van der Waals surface area contributed by atoms with Crippen molar-refractivity contribution in [3.05, 3.63) is 28.8 Å². The number of amides is 3. The molecule has 2 fully saturated rings. The van der Waals surface area contributed by atoms with E-state index in [4.69, 9.17) is 11.6 Å². The lowest BCUT2D eigenvalue weighted by Crippen LogP contribution is -2.38. The van der Waals surface area contributed by atoms with Crippen LogP contribution in [0.5, 0.6) is 0 Å². The Morgan fingerprint density at radius 2 is 1.83 bits per heavy atom. The van der Waals surface area contributed by atoms with Crippen LogP contribution >= 0.6 is 11.6 Å². The Balaban J connectivity index is 1.66. The fraction of sp³-hybridized carbons (Fsp3) is 0.471. The van der Waals surface area contributed by atoms with Crippen molar-refractivity contribution in [3.8, 4) is 0 Å². The van der Waals surface area contributed by atoms with Gasteiger partial charge in [0.25, 0.3) is 0 Å². The predicted molar refractivity (Wildman–Crippen MR) is 87.0 cm³/mol. The van der Waals surface area contributed by atoms with E-state index in [1.54, 1.807) is 18.2 Å². The maximum Gasteiger partial charge on any atom is 0.244 e. The molecule has 1 N–H and O–H groups in total. The molecule has 3 rings (SSSR count). The molecule has 1 heterocycles. The van der Waals surface area contributed by atoms with Crippen LogP contribution in [0, 0.1) is 18.8 Å². The van der Waals surface area contributed by atoms with E-state index >= 15 is 0 Å². The Morgan fingerprint density at radius 1 is 1.22 bits per heavy atom. The van der Waals surface area contributed by atoms with Crippen LogP contribution in [0.4, 0.5) is 5.69 Å². The number of aryl methyl sites for hydroxylation is 1. The molecule has 0 unspecified atom stereocenters. The van der Waals surface area contributed by atoms with Crippen molar-refractivity contribution in [2.24, 2.45) is 11.8 Å². The number of rotatable bonds is 3. The summed E-state index contributed by atoms with van der Waals surface area (Å²) in [6, 6.07) is 5.20. The van der Waals surface area contributed by atoms with Crippen LogP contribution in [0.3, 0.4) is 0 Å². The van der Waals surface area contributed by atoms with Gasteiger partial charge in [-0.15, -0.1) is 0 Å². The summed E-state index contributed by atoms with van der Waals surface area (Å²) in [7, 11) is 0. The summed E-state index contributed by atoms with van der Waals surface area (Å²) in [6.07, 6.45) is 3.45. The highest BCUT2D eigenvalue weighted by atomic mass is 35.5. The molecule has 5 nitrogen and oxygen atoms in total. The van der Waals surface area contributed by atoms with Gasteiger partial charge in [0, 0.05) is 10.7 Å². The van der Waals surface area contributed by atoms with E-state index in [-0.39, 0.29) is 36.1 Å². The van der Waals surface area contributed by atoms with Crippen molar-refractivity contribution in [1.29, 1.82) is 0 Å². The molecular formula is C17H19ClN2O3. The smallest absolute Gasteiger partial charge is 0.244 e. The molecule has 2 atom stereocenters. The van der Waals surface area contributed by atoms with E-state index in [0.717, 1.165) is 36.1 Å². The Hall–Kier alpha value is -1.88. The maximum atomic E-state index is 12.3. The number of fused-ring (bicyclic) bond motifs is 1. The standard InChI is InChI=1S/C17H19ClN2O3/c1-10-6-7-11(8-14(10)18)19-15(21)9-20-16(22)12-4-2-3-5-13(12)17(20)23/h6-8,12-13H,2-5,9H2,1H3,(H,19,21)/t12-,13-/m1/s1. The fourth-order valence-electron chi connectivity index (χ4n) is 3.40. The monoisotopic (exact) mass is 334 g/mol. The van der Waals surface area contributed by atoms with E-state index in [2.05, 4.69) is 5.32 Å². The lowest BCUT2D eigenvalue weighted by atomic mass is 9.81. The number of halogens is 1. The molecule has 0 spiro atoms. The maximum absolute atomic E-state index is 12.3. The molecule has 0 bridgehead atoms. The van der Waals surface area contributed by atoms with E-state index in [0.29, 0.717) is 10.7 Å². The van der Waals surface area contributed by atoms with Gasteiger partial charge in [0.1, 0.15) is 6.54 Å². The molecule has 122 valence electrons. The van der Waals surface area contributed by atoms with Crippen molar-refractivity contribution in [2.75, 3.05) is 11.9 Å². The molecule has 1 aromatic carbocycles. The summed E-state index contributed by atoms with van der Waals surface area (Å²) >= 11 is 6.03. The molecule has 0 radical (unpaired) electrons. The number of carbonyl (C=O) groups excluding carboxylic acids is 3. The molecule has 2 aliphatic rings. The average Bonchev–Trinajstić information content (AvgIpc) is 2.76. The van der Waals surface area contributed by atoms with Crippen LogP contribution in [0.15, 0.2) is 18.2 Å². The predicted octanol–water partition coefficient (Wildman–Crippen LogP) is 2.76. The van der Waals surface area contributed by atoms with Gasteiger partial charge in [0.05, 0.1) is 11.8 Å². The van der Waals surface area contributed by atoms with Gasteiger partial charge in [-0.2, -0.15) is 0 Å². The van der Waals surface area contributed by atoms with Gasteiger partial charge < -0.3 is 5.32 Å². The molecule has 1 aliphatic carbocycles. The highest BCUT2D eigenvalue weighted by Crippen LogP contribution is 2.37. The number of benzene rings is 1.